The molecule has 0 bridgehead atoms. The van der Waals surface area contributed by atoms with E-state index in [0.29, 0.717) is 50.4 Å². The van der Waals surface area contributed by atoms with Crippen LogP contribution < -0.4 is 16.0 Å². The molecule has 4 amide bonds. The summed E-state index contributed by atoms with van der Waals surface area (Å²) in [6.45, 7) is 3.14. The summed E-state index contributed by atoms with van der Waals surface area (Å²) in [4.78, 5) is 54.9. The van der Waals surface area contributed by atoms with Crippen molar-refractivity contribution in [3.05, 3.63) is 35.9 Å². The number of amides is 4. The minimum Gasteiger partial charge on any atom is -0.356 e. The average Bonchev–Trinajstić information content (AvgIpc) is 2.85. The van der Waals surface area contributed by atoms with Crippen molar-refractivity contribution in [3.8, 4) is 0 Å². The van der Waals surface area contributed by atoms with E-state index >= 15 is 0 Å². The normalized spacial score (nSPS) is 26.4. The van der Waals surface area contributed by atoms with Gasteiger partial charge in [-0.3, -0.25) is 19.2 Å². The van der Waals surface area contributed by atoms with E-state index < -0.39 is 5.54 Å². The van der Waals surface area contributed by atoms with Gasteiger partial charge < -0.3 is 25.8 Å². The molecule has 3 aliphatic heterocycles. The third-order valence-corrected chi connectivity index (χ3v) is 7.78. The molecule has 1 aromatic carbocycles. The van der Waals surface area contributed by atoms with E-state index in [0.717, 1.165) is 25.9 Å². The van der Waals surface area contributed by atoms with Crippen LogP contribution in [-0.2, 0) is 14.4 Å². The smallest absolute Gasteiger partial charge is 0.253 e. The zero-order valence-electron chi connectivity index (χ0n) is 20.6. The molecule has 9 heteroatoms. The third kappa shape index (κ3) is 6.39. The van der Waals surface area contributed by atoms with Gasteiger partial charge in [0.05, 0.1) is 12.1 Å². The first kappa shape index (κ1) is 25.2. The van der Waals surface area contributed by atoms with Gasteiger partial charge in [0.2, 0.25) is 17.7 Å². The van der Waals surface area contributed by atoms with Gasteiger partial charge in [-0.05, 0) is 62.7 Å². The summed E-state index contributed by atoms with van der Waals surface area (Å²) in [5.74, 6) is 0.158. The summed E-state index contributed by atoms with van der Waals surface area (Å²) in [5, 5.41) is 9.52. The van der Waals surface area contributed by atoms with Crippen molar-refractivity contribution in [2.75, 3.05) is 46.3 Å². The van der Waals surface area contributed by atoms with Crippen molar-refractivity contribution in [2.45, 2.75) is 44.1 Å². The van der Waals surface area contributed by atoms with Crippen molar-refractivity contribution < 1.29 is 19.2 Å². The maximum absolute atomic E-state index is 13.0. The maximum Gasteiger partial charge on any atom is 0.253 e. The Morgan fingerprint density at radius 3 is 2.43 bits per heavy atom. The van der Waals surface area contributed by atoms with Gasteiger partial charge in [-0.1, -0.05) is 18.2 Å². The van der Waals surface area contributed by atoms with Gasteiger partial charge in [-0.2, -0.15) is 0 Å². The quantitative estimate of drug-likeness (QED) is 0.546. The summed E-state index contributed by atoms with van der Waals surface area (Å²) in [5.41, 5.74) is -0.107. The van der Waals surface area contributed by atoms with Crippen LogP contribution in [0.15, 0.2) is 30.3 Å². The van der Waals surface area contributed by atoms with Crippen LogP contribution in [0.2, 0.25) is 0 Å². The molecule has 190 valence electrons. The number of benzene rings is 1. The number of piperidine rings is 2. The number of nitrogens with one attached hydrogen (secondary N) is 3. The van der Waals surface area contributed by atoms with E-state index in [1.807, 2.05) is 18.2 Å². The first-order valence-electron chi connectivity index (χ1n) is 12.7. The Balaban J connectivity index is 1.45. The fourth-order valence-corrected chi connectivity index (χ4v) is 5.62. The second-order valence-electron chi connectivity index (χ2n) is 10.3. The van der Waals surface area contributed by atoms with Crippen molar-refractivity contribution >= 4 is 23.6 Å². The molecule has 1 aromatic rings. The highest BCUT2D eigenvalue weighted by atomic mass is 16.2. The van der Waals surface area contributed by atoms with E-state index in [1.54, 1.807) is 24.1 Å². The Hall–Kier alpha value is -2.94. The first-order chi connectivity index (χ1) is 16.8. The van der Waals surface area contributed by atoms with Gasteiger partial charge >= 0.3 is 0 Å². The lowest BCUT2D eigenvalue weighted by Crippen LogP contribution is -2.59. The first-order valence-corrected chi connectivity index (χ1v) is 12.7. The van der Waals surface area contributed by atoms with Crippen LogP contribution >= 0.6 is 0 Å². The monoisotopic (exact) mass is 483 g/mol. The molecule has 1 spiro atoms. The Kier molecular flexibility index (Phi) is 8.05. The van der Waals surface area contributed by atoms with Gasteiger partial charge in [0.1, 0.15) is 0 Å². The highest BCUT2D eigenvalue weighted by Gasteiger charge is 2.40. The molecule has 2 atom stereocenters. The largest absolute Gasteiger partial charge is 0.356 e. The van der Waals surface area contributed by atoms with Crippen LogP contribution in [0.3, 0.4) is 0 Å². The maximum atomic E-state index is 13.0. The molecule has 9 nitrogen and oxygen atoms in total. The molecule has 0 aromatic heterocycles. The number of fused-ring (bicyclic) bond motifs is 1. The van der Waals surface area contributed by atoms with E-state index in [4.69, 9.17) is 0 Å². The molecule has 0 unspecified atom stereocenters. The highest BCUT2D eigenvalue weighted by molar-refractivity contribution is 5.94. The van der Waals surface area contributed by atoms with Gasteiger partial charge in [0, 0.05) is 45.1 Å². The van der Waals surface area contributed by atoms with Crippen LogP contribution in [0.1, 0.15) is 48.9 Å². The topological polar surface area (TPSA) is 111 Å². The Labute approximate surface area is 207 Å². The van der Waals surface area contributed by atoms with Gasteiger partial charge in [0.25, 0.3) is 5.91 Å². The minimum atomic E-state index is -0.739. The Morgan fingerprint density at radius 2 is 1.69 bits per heavy atom. The molecule has 0 aliphatic carbocycles. The number of carbonyl (C=O) groups is 4. The molecule has 0 saturated carbocycles. The van der Waals surface area contributed by atoms with E-state index in [-0.39, 0.29) is 42.5 Å². The van der Waals surface area contributed by atoms with Crippen molar-refractivity contribution in [3.63, 3.8) is 0 Å². The van der Waals surface area contributed by atoms with Crippen molar-refractivity contribution in [1.82, 2.24) is 25.8 Å². The lowest BCUT2D eigenvalue weighted by atomic mass is 9.81. The summed E-state index contributed by atoms with van der Waals surface area (Å²) in [7, 11) is 1.67. The zero-order valence-corrected chi connectivity index (χ0v) is 20.6. The second-order valence-corrected chi connectivity index (χ2v) is 10.3. The van der Waals surface area contributed by atoms with E-state index in [1.165, 1.54) is 4.90 Å². The molecule has 3 N–H and O–H groups in total. The number of hydrogen-bond donors (Lipinski definition) is 3. The summed E-state index contributed by atoms with van der Waals surface area (Å²) in [6.07, 6.45) is 3.29. The predicted molar refractivity (Wildman–Crippen MR) is 131 cm³/mol. The molecule has 4 rings (SSSR count). The summed E-state index contributed by atoms with van der Waals surface area (Å²) in [6, 6.07) is 9.14. The van der Waals surface area contributed by atoms with Gasteiger partial charge in [-0.25, -0.2) is 0 Å². The van der Waals surface area contributed by atoms with Crippen LogP contribution in [0.25, 0.3) is 0 Å². The number of rotatable bonds is 1. The van der Waals surface area contributed by atoms with Crippen LogP contribution in [0.5, 0.6) is 0 Å². The number of hydrogen-bond acceptors (Lipinski definition) is 5. The number of likely N-dealkylation sites (tertiary alicyclic amines) is 1. The van der Waals surface area contributed by atoms with Crippen molar-refractivity contribution in [1.29, 1.82) is 0 Å². The van der Waals surface area contributed by atoms with Crippen molar-refractivity contribution in [2.24, 2.45) is 11.8 Å². The minimum absolute atomic E-state index is 0.0181. The lowest BCUT2D eigenvalue weighted by Gasteiger charge is -2.42. The van der Waals surface area contributed by atoms with Crippen LogP contribution in [0.4, 0.5) is 0 Å². The summed E-state index contributed by atoms with van der Waals surface area (Å²) < 4.78 is 0. The van der Waals surface area contributed by atoms with Gasteiger partial charge in [-0.15, -0.1) is 0 Å². The fraction of sp³-hybridized carbons (Fsp3) is 0.615. The molecule has 3 aliphatic rings. The molecular weight excluding hydrogens is 446 g/mol. The Morgan fingerprint density at radius 1 is 0.971 bits per heavy atom. The third-order valence-electron chi connectivity index (χ3n) is 7.78. The standard InChI is InChI=1S/C26H37N5O4/c1-30-18-23(33)29-26(9-13-31(14-10-26)25(35)19-5-3-2-4-6-19)16-22(32)28-12-8-21-17-27-11-7-20(21)15-24(30)34/h2-6,20-21,27H,7-18H2,1H3,(H,28,32)(H,29,33)/t20-,21-/m0/s1. The van der Waals surface area contributed by atoms with Crippen LogP contribution in [-0.4, -0.2) is 85.3 Å². The molecular formula is C26H37N5O4. The summed E-state index contributed by atoms with van der Waals surface area (Å²) >= 11 is 0. The molecule has 3 fully saturated rings. The van der Waals surface area contributed by atoms with E-state index in [2.05, 4.69) is 16.0 Å². The highest BCUT2D eigenvalue weighted by Crippen LogP contribution is 2.29. The number of nitrogens with zero attached hydrogens (tertiary/aromatic N) is 2. The number of carbonyl (C=O) groups excluding carboxylic acids is 4. The molecule has 0 radical (unpaired) electrons. The second kappa shape index (κ2) is 11.2. The SMILES string of the molecule is CN1CC(=O)NC2(CCN(C(=O)c3ccccc3)CC2)CC(=O)NCC[C@H]2CNCC[C@H]2CC1=O. The zero-order chi connectivity index (χ0) is 24.8. The lowest BCUT2D eigenvalue weighted by molar-refractivity contribution is -0.137. The number of likely N-dealkylation sites (N-methyl/N-ethyl adjacent to an activating group) is 1. The average molecular weight is 484 g/mol. The molecule has 35 heavy (non-hydrogen) atoms. The predicted octanol–water partition coefficient (Wildman–Crippen LogP) is 0.762. The van der Waals surface area contributed by atoms with Crippen LogP contribution in [0, 0.1) is 11.8 Å². The van der Waals surface area contributed by atoms with Gasteiger partial charge in [0.15, 0.2) is 0 Å². The molecule has 3 saturated heterocycles. The fourth-order valence-electron chi connectivity index (χ4n) is 5.62. The Bertz CT molecular complexity index is 929. The van der Waals surface area contributed by atoms with E-state index in [9.17, 15) is 19.2 Å². The molecule has 3 heterocycles.